The van der Waals surface area contributed by atoms with Crippen LogP contribution in [-0.4, -0.2) is 35.0 Å². The van der Waals surface area contributed by atoms with Crippen LogP contribution in [0.15, 0.2) is 66.9 Å². The molecule has 1 amide bonds. The van der Waals surface area contributed by atoms with Gasteiger partial charge < -0.3 is 9.64 Å². The minimum atomic E-state index is -0.310. The van der Waals surface area contributed by atoms with Crippen molar-refractivity contribution in [1.82, 2.24) is 9.88 Å². The number of amides is 1. The van der Waals surface area contributed by atoms with Crippen molar-refractivity contribution in [2.75, 3.05) is 13.1 Å². The van der Waals surface area contributed by atoms with E-state index >= 15 is 0 Å². The van der Waals surface area contributed by atoms with Crippen LogP contribution in [0.5, 0.6) is 5.75 Å². The molecule has 2 aromatic carbocycles. The Balaban J connectivity index is 1.37. The Morgan fingerprint density at radius 3 is 2.63 bits per heavy atom. The molecule has 2 heterocycles. The van der Waals surface area contributed by atoms with E-state index in [1.165, 1.54) is 18.3 Å². The van der Waals surface area contributed by atoms with Gasteiger partial charge in [-0.15, -0.1) is 0 Å². The lowest BCUT2D eigenvalue weighted by Gasteiger charge is -2.39. The maximum atomic E-state index is 13.3. The lowest BCUT2D eigenvalue weighted by atomic mass is 10.1. The smallest absolute Gasteiger partial charge is 0.255 e. The molecule has 0 bridgehead atoms. The first-order valence-corrected chi connectivity index (χ1v) is 8.83. The number of ether oxygens (including phenoxy) is 1. The van der Waals surface area contributed by atoms with Gasteiger partial charge in [0.1, 0.15) is 17.7 Å². The van der Waals surface area contributed by atoms with E-state index in [4.69, 9.17) is 4.74 Å². The molecular weight excluding hydrogens is 343 g/mol. The van der Waals surface area contributed by atoms with Crippen LogP contribution >= 0.6 is 0 Å². The van der Waals surface area contributed by atoms with Gasteiger partial charge in [0.15, 0.2) is 0 Å². The van der Waals surface area contributed by atoms with E-state index in [2.05, 4.69) is 4.98 Å². The Kier molecular flexibility index (Phi) is 4.59. The summed E-state index contributed by atoms with van der Waals surface area (Å²) < 4.78 is 19.2. The molecule has 1 aliphatic rings. The van der Waals surface area contributed by atoms with Crippen molar-refractivity contribution < 1.29 is 13.9 Å². The summed E-state index contributed by atoms with van der Waals surface area (Å²) in [6, 6.07) is 17.6. The lowest BCUT2D eigenvalue weighted by molar-refractivity contribution is 0.0177. The zero-order valence-electron chi connectivity index (χ0n) is 14.9. The second kappa shape index (κ2) is 7.19. The highest BCUT2D eigenvalue weighted by Gasteiger charge is 2.33. The third-order valence-corrected chi connectivity index (χ3v) is 4.56. The minimum absolute atomic E-state index is 0.00952. The predicted octanol–water partition coefficient (Wildman–Crippen LogP) is 4.10. The Morgan fingerprint density at radius 2 is 1.93 bits per heavy atom. The van der Waals surface area contributed by atoms with E-state index in [-0.39, 0.29) is 17.8 Å². The Labute approximate surface area is 157 Å². The average Bonchev–Trinajstić information content (AvgIpc) is 2.64. The number of nitrogens with zero attached hydrogens (tertiary/aromatic N) is 2. The second-order valence-corrected chi connectivity index (χ2v) is 6.71. The van der Waals surface area contributed by atoms with Crippen LogP contribution in [0.4, 0.5) is 4.39 Å². The third-order valence-electron chi connectivity index (χ3n) is 4.56. The molecule has 0 saturated carbocycles. The first-order valence-electron chi connectivity index (χ1n) is 8.83. The Bertz CT molecular complexity index is 966. The van der Waals surface area contributed by atoms with Crippen LogP contribution in [0.1, 0.15) is 15.9 Å². The van der Waals surface area contributed by atoms with E-state index in [0.717, 1.165) is 11.3 Å². The molecule has 1 fully saturated rings. The van der Waals surface area contributed by atoms with Crippen molar-refractivity contribution in [1.29, 1.82) is 0 Å². The highest BCUT2D eigenvalue weighted by molar-refractivity contribution is 5.94. The molecule has 0 atom stereocenters. The molecule has 27 heavy (non-hydrogen) atoms. The van der Waals surface area contributed by atoms with E-state index in [0.29, 0.717) is 29.9 Å². The van der Waals surface area contributed by atoms with Gasteiger partial charge in [-0.25, -0.2) is 4.39 Å². The standard InChI is InChI=1S/C22H19FN2O2/c1-15-4-2-7-19(10-15)27-20-13-25(14-20)22(26)17-8-9-21(24-12-17)16-5-3-6-18(23)11-16/h2-12,20H,13-14H2,1H3. The first-order chi connectivity index (χ1) is 13.1. The van der Waals surface area contributed by atoms with Crippen molar-refractivity contribution in [3.63, 3.8) is 0 Å². The molecular formula is C22H19FN2O2. The number of aromatic nitrogens is 1. The van der Waals surface area contributed by atoms with E-state index in [1.807, 2.05) is 31.2 Å². The highest BCUT2D eigenvalue weighted by Crippen LogP contribution is 2.22. The summed E-state index contributed by atoms with van der Waals surface area (Å²) in [5, 5.41) is 0. The van der Waals surface area contributed by atoms with Crippen molar-refractivity contribution in [3.8, 4) is 17.0 Å². The zero-order valence-corrected chi connectivity index (χ0v) is 14.9. The minimum Gasteiger partial charge on any atom is -0.487 e. The highest BCUT2D eigenvalue weighted by atomic mass is 19.1. The fourth-order valence-electron chi connectivity index (χ4n) is 3.08. The largest absolute Gasteiger partial charge is 0.487 e. The molecule has 4 rings (SSSR count). The summed E-state index contributed by atoms with van der Waals surface area (Å²) in [5.74, 6) is 0.445. The van der Waals surface area contributed by atoms with Gasteiger partial charge in [0.2, 0.25) is 0 Å². The van der Waals surface area contributed by atoms with Crippen LogP contribution in [0.3, 0.4) is 0 Å². The number of hydrogen-bond acceptors (Lipinski definition) is 3. The van der Waals surface area contributed by atoms with E-state index in [1.54, 1.807) is 29.2 Å². The number of likely N-dealkylation sites (tertiary alicyclic amines) is 1. The number of rotatable bonds is 4. The Hall–Kier alpha value is -3.21. The van der Waals surface area contributed by atoms with Crippen LogP contribution in [0.2, 0.25) is 0 Å². The summed E-state index contributed by atoms with van der Waals surface area (Å²) in [6.07, 6.45) is 1.55. The monoisotopic (exact) mass is 362 g/mol. The quantitative estimate of drug-likeness (QED) is 0.702. The summed E-state index contributed by atoms with van der Waals surface area (Å²) >= 11 is 0. The molecule has 0 spiro atoms. The van der Waals surface area contributed by atoms with Crippen LogP contribution in [0.25, 0.3) is 11.3 Å². The van der Waals surface area contributed by atoms with Crippen LogP contribution in [0, 0.1) is 12.7 Å². The lowest BCUT2D eigenvalue weighted by Crippen LogP contribution is -2.56. The zero-order chi connectivity index (χ0) is 18.8. The first kappa shape index (κ1) is 17.2. The SMILES string of the molecule is Cc1cccc(OC2CN(C(=O)c3ccc(-c4cccc(F)c4)nc3)C2)c1. The van der Waals surface area contributed by atoms with Gasteiger partial charge in [-0.05, 0) is 48.9 Å². The van der Waals surface area contributed by atoms with Gasteiger partial charge in [-0.1, -0.05) is 24.3 Å². The third kappa shape index (κ3) is 3.82. The van der Waals surface area contributed by atoms with Gasteiger partial charge in [-0.2, -0.15) is 0 Å². The second-order valence-electron chi connectivity index (χ2n) is 6.71. The number of hydrogen-bond donors (Lipinski definition) is 0. The number of carbonyl (C=O) groups is 1. The van der Waals surface area contributed by atoms with Gasteiger partial charge in [0.05, 0.1) is 24.3 Å². The van der Waals surface area contributed by atoms with Crippen LogP contribution < -0.4 is 4.74 Å². The molecule has 0 unspecified atom stereocenters. The molecule has 1 aliphatic heterocycles. The molecule has 0 radical (unpaired) electrons. The number of halogens is 1. The van der Waals surface area contributed by atoms with Gasteiger partial charge in [-0.3, -0.25) is 9.78 Å². The topological polar surface area (TPSA) is 42.4 Å². The van der Waals surface area contributed by atoms with Crippen molar-refractivity contribution in [2.45, 2.75) is 13.0 Å². The molecule has 4 nitrogen and oxygen atoms in total. The molecule has 5 heteroatoms. The molecule has 136 valence electrons. The van der Waals surface area contributed by atoms with Gasteiger partial charge in [0, 0.05) is 11.8 Å². The van der Waals surface area contributed by atoms with Crippen molar-refractivity contribution >= 4 is 5.91 Å². The van der Waals surface area contributed by atoms with E-state index < -0.39 is 0 Å². The normalized spacial score (nSPS) is 13.9. The fourth-order valence-corrected chi connectivity index (χ4v) is 3.08. The fraction of sp³-hybridized carbons (Fsp3) is 0.182. The van der Waals surface area contributed by atoms with Crippen molar-refractivity contribution in [3.05, 3.63) is 83.8 Å². The summed E-state index contributed by atoms with van der Waals surface area (Å²) in [4.78, 5) is 18.6. The number of pyridine rings is 1. The van der Waals surface area contributed by atoms with Crippen molar-refractivity contribution in [2.24, 2.45) is 0 Å². The van der Waals surface area contributed by atoms with Crippen LogP contribution in [-0.2, 0) is 0 Å². The molecule has 0 N–H and O–H groups in total. The average molecular weight is 362 g/mol. The summed E-state index contributed by atoms with van der Waals surface area (Å²) in [5.41, 5.74) is 2.98. The molecule has 0 aliphatic carbocycles. The molecule has 3 aromatic rings. The Morgan fingerprint density at radius 1 is 1.11 bits per heavy atom. The number of aryl methyl sites for hydroxylation is 1. The maximum absolute atomic E-state index is 13.3. The molecule has 1 aromatic heterocycles. The summed E-state index contributed by atoms with van der Waals surface area (Å²) in [7, 11) is 0. The molecule has 1 saturated heterocycles. The number of benzene rings is 2. The predicted molar refractivity (Wildman–Crippen MR) is 101 cm³/mol. The summed E-state index contributed by atoms with van der Waals surface area (Å²) in [6.45, 7) is 3.13. The van der Waals surface area contributed by atoms with Gasteiger partial charge in [0.25, 0.3) is 5.91 Å². The van der Waals surface area contributed by atoms with E-state index in [9.17, 15) is 9.18 Å². The van der Waals surface area contributed by atoms with Gasteiger partial charge >= 0.3 is 0 Å². The maximum Gasteiger partial charge on any atom is 0.255 e. The number of carbonyl (C=O) groups excluding carboxylic acids is 1.